The Balaban J connectivity index is 1.64. The van der Waals surface area contributed by atoms with E-state index in [0.29, 0.717) is 49.7 Å². The van der Waals surface area contributed by atoms with Crippen molar-refractivity contribution >= 4 is 34.6 Å². The Morgan fingerprint density at radius 3 is 2.62 bits per heavy atom. The molecule has 0 aromatic heterocycles. The van der Waals surface area contributed by atoms with Gasteiger partial charge in [-0.2, -0.15) is 0 Å². The SMILES string of the molecule is C[C@@H]1CCCC(=O)CCCC=Cc2cc3c(c(O)c2C(=O)O1)[C@H](c1cccc2ccccc12)CC(=O)O3. The molecule has 0 fully saturated rings. The molecule has 0 radical (unpaired) electrons. The molecular weight excluding hydrogens is 468 g/mol. The molecule has 2 aliphatic heterocycles. The number of hydrogen-bond acceptors (Lipinski definition) is 6. The van der Waals surface area contributed by atoms with Gasteiger partial charge in [0.15, 0.2) is 0 Å². The van der Waals surface area contributed by atoms with Crippen molar-refractivity contribution in [2.75, 3.05) is 0 Å². The fraction of sp³-hybridized carbons (Fsp3) is 0.323. The van der Waals surface area contributed by atoms with Gasteiger partial charge in [0.05, 0.1) is 12.5 Å². The molecule has 0 spiro atoms. The van der Waals surface area contributed by atoms with E-state index in [2.05, 4.69) is 0 Å². The van der Waals surface area contributed by atoms with Crippen LogP contribution < -0.4 is 4.74 Å². The zero-order chi connectivity index (χ0) is 25.9. The number of phenolic OH excluding ortho intramolecular Hbond substituents is 1. The molecule has 190 valence electrons. The minimum Gasteiger partial charge on any atom is -0.507 e. The topological polar surface area (TPSA) is 89.9 Å². The van der Waals surface area contributed by atoms with Gasteiger partial charge in [0.25, 0.3) is 0 Å². The number of ether oxygens (including phenoxy) is 2. The van der Waals surface area contributed by atoms with Crippen LogP contribution in [0, 0.1) is 0 Å². The summed E-state index contributed by atoms with van der Waals surface area (Å²) < 4.78 is 11.3. The Kier molecular flexibility index (Phi) is 7.08. The lowest BCUT2D eigenvalue weighted by molar-refractivity contribution is -0.135. The van der Waals surface area contributed by atoms with Crippen molar-refractivity contribution in [2.24, 2.45) is 0 Å². The highest BCUT2D eigenvalue weighted by Crippen LogP contribution is 2.48. The summed E-state index contributed by atoms with van der Waals surface area (Å²) in [5, 5.41) is 13.6. The lowest BCUT2D eigenvalue weighted by Gasteiger charge is -2.28. The minimum absolute atomic E-state index is 0.0443. The van der Waals surface area contributed by atoms with E-state index >= 15 is 0 Å². The van der Waals surface area contributed by atoms with Crippen molar-refractivity contribution in [1.82, 2.24) is 0 Å². The number of esters is 2. The molecule has 0 aliphatic carbocycles. The molecule has 3 aromatic rings. The second kappa shape index (κ2) is 10.6. The maximum Gasteiger partial charge on any atom is 0.342 e. The van der Waals surface area contributed by atoms with Gasteiger partial charge in [0.2, 0.25) is 0 Å². The minimum atomic E-state index is -0.635. The summed E-state index contributed by atoms with van der Waals surface area (Å²) in [7, 11) is 0. The summed E-state index contributed by atoms with van der Waals surface area (Å²) in [6, 6.07) is 15.4. The molecular formula is C31H30O6. The smallest absolute Gasteiger partial charge is 0.342 e. The molecule has 1 N–H and O–H groups in total. The fourth-order valence-electron chi connectivity index (χ4n) is 5.34. The first-order chi connectivity index (χ1) is 17.9. The van der Waals surface area contributed by atoms with Crippen molar-refractivity contribution < 1.29 is 29.0 Å². The largest absolute Gasteiger partial charge is 0.507 e. The van der Waals surface area contributed by atoms with Gasteiger partial charge in [-0.05, 0) is 60.6 Å². The van der Waals surface area contributed by atoms with Crippen LogP contribution >= 0.6 is 0 Å². The molecule has 3 aromatic carbocycles. The molecule has 0 amide bonds. The molecule has 2 heterocycles. The number of cyclic esters (lactones) is 1. The van der Waals surface area contributed by atoms with Crippen LogP contribution in [0.25, 0.3) is 16.8 Å². The number of ketones is 1. The first-order valence-electron chi connectivity index (χ1n) is 12.9. The van der Waals surface area contributed by atoms with Crippen molar-refractivity contribution in [1.29, 1.82) is 0 Å². The van der Waals surface area contributed by atoms with Gasteiger partial charge >= 0.3 is 11.9 Å². The fourth-order valence-corrected chi connectivity index (χ4v) is 5.34. The Morgan fingerprint density at radius 2 is 1.76 bits per heavy atom. The van der Waals surface area contributed by atoms with Crippen LogP contribution in [0.5, 0.6) is 11.5 Å². The summed E-state index contributed by atoms with van der Waals surface area (Å²) in [6.07, 6.45) is 6.76. The number of phenols is 1. The van der Waals surface area contributed by atoms with E-state index in [1.165, 1.54) is 0 Å². The van der Waals surface area contributed by atoms with E-state index in [9.17, 15) is 19.5 Å². The standard InChI is InChI=1S/C31H30O6/c1-19-9-7-14-22(32)13-4-2-3-11-21-17-26-29(30(34)28(21)31(35)36-19)25(18-27(33)37-26)24-16-8-12-20-10-5-6-15-23(20)24/h3,5-6,8,10-12,15-17,19,25,34H,2,4,7,9,13-14,18H2,1H3/t19-,25+/m1/s1. The Morgan fingerprint density at radius 1 is 0.973 bits per heavy atom. The van der Waals surface area contributed by atoms with Gasteiger partial charge in [-0.15, -0.1) is 0 Å². The predicted molar refractivity (Wildman–Crippen MR) is 141 cm³/mol. The van der Waals surface area contributed by atoms with Gasteiger partial charge in [-0.25, -0.2) is 4.79 Å². The molecule has 6 heteroatoms. The molecule has 0 saturated heterocycles. The third kappa shape index (κ3) is 5.15. The van der Waals surface area contributed by atoms with E-state index < -0.39 is 24.0 Å². The monoisotopic (exact) mass is 498 g/mol. The number of Topliss-reactive ketones (excluding diaryl/α,β-unsaturated/α-hetero) is 1. The second-order valence-corrected chi connectivity index (χ2v) is 9.84. The van der Waals surface area contributed by atoms with Gasteiger partial charge in [0.1, 0.15) is 22.8 Å². The first-order valence-corrected chi connectivity index (χ1v) is 12.9. The number of rotatable bonds is 1. The third-order valence-electron chi connectivity index (χ3n) is 7.18. The Hall–Kier alpha value is -3.93. The molecule has 37 heavy (non-hydrogen) atoms. The molecule has 2 atom stereocenters. The summed E-state index contributed by atoms with van der Waals surface area (Å²) in [4.78, 5) is 38.2. The van der Waals surface area contributed by atoms with E-state index in [1.807, 2.05) is 48.5 Å². The van der Waals surface area contributed by atoms with Crippen molar-refractivity contribution in [2.45, 2.75) is 63.9 Å². The number of aromatic hydroxyl groups is 1. The summed E-state index contributed by atoms with van der Waals surface area (Å²) in [5.41, 5.74) is 1.79. The van der Waals surface area contributed by atoms with Crippen LogP contribution in [-0.4, -0.2) is 28.9 Å². The highest BCUT2D eigenvalue weighted by Gasteiger charge is 2.36. The van der Waals surface area contributed by atoms with E-state index in [0.717, 1.165) is 16.3 Å². The van der Waals surface area contributed by atoms with E-state index in [4.69, 9.17) is 9.47 Å². The number of carbonyl (C=O) groups excluding carboxylic acids is 3. The molecule has 6 nitrogen and oxygen atoms in total. The molecule has 5 rings (SSSR count). The summed E-state index contributed by atoms with van der Waals surface area (Å²) >= 11 is 0. The molecule has 0 saturated carbocycles. The van der Waals surface area contributed by atoms with Gasteiger partial charge < -0.3 is 14.6 Å². The molecule has 2 aliphatic rings. The quantitative estimate of drug-likeness (QED) is 0.306. The zero-order valence-corrected chi connectivity index (χ0v) is 20.9. The lowest BCUT2D eigenvalue weighted by atomic mass is 9.81. The van der Waals surface area contributed by atoms with Crippen LogP contribution in [0.15, 0.2) is 54.6 Å². The van der Waals surface area contributed by atoms with Crippen LogP contribution in [0.3, 0.4) is 0 Å². The lowest BCUT2D eigenvalue weighted by Crippen LogP contribution is -2.23. The first kappa shape index (κ1) is 24.8. The molecule has 0 unspecified atom stereocenters. The maximum atomic E-state index is 13.4. The summed E-state index contributed by atoms with van der Waals surface area (Å²) in [6.45, 7) is 1.79. The Labute approximate surface area is 215 Å². The van der Waals surface area contributed by atoms with Crippen LogP contribution in [-0.2, 0) is 14.3 Å². The van der Waals surface area contributed by atoms with Gasteiger partial charge in [0, 0.05) is 24.3 Å². The third-order valence-corrected chi connectivity index (χ3v) is 7.18. The Bertz CT molecular complexity index is 1400. The van der Waals surface area contributed by atoms with E-state index in [1.54, 1.807) is 19.1 Å². The zero-order valence-electron chi connectivity index (χ0n) is 20.9. The number of carbonyl (C=O) groups is 3. The van der Waals surface area contributed by atoms with Gasteiger partial charge in [-0.1, -0.05) is 54.6 Å². The highest BCUT2D eigenvalue weighted by atomic mass is 16.5. The normalized spacial score (nSPS) is 20.9. The average molecular weight is 499 g/mol. The average Bonchev–Trinajstić information content (AvgIpc) is 2.87. The number of allylic oxidation sites excluding steroid dienone is 1. The van der Waals surface area contributed by atoms with Crippen molar-refractivity contribution in [3.05, 3.63) is 76.9 Å². The van der Waals surface area contributed by atoms with Crippen molar-refractivity contribution in [3.8, 4) is 11.5 Å². The predicted octanol–water partition coefficient (Wildman–Crippen LogP) is 6.47. The second-order valence-electron chi connectivity index (χ2n) is 9.84. The number of hydrogen-bond donors (Lipinski definition) is 1. The summed E-state index contributed by atoms with van der Waals surface area (Å²) in [5.74, 6) is -1.29. The van der Waals surface area contributed by atoms with E-state index in [-0.39, 0.29) is 29.3 Å². The maximum absolute atomic E-state index is 13.4. The molecule has 0 bridgehead atoms. The number of fused-ring (bicyclic) bond motifs is 3. The van der Waals surface area contributed by atoms with Crippen molar-refractivity contribution in [3.63, 3.8) is 0 Å². The van der Waals surface area contributed by atoms with Crippen LogP contribution in [0.1, 0.15) is 84.8 Å². The highest BCUT2D eigenvalue weighted by molar-refractivity contribution is 5.99. The van der Waals surface area contributed by atoms with Gasteiger partial charge in [-0.3, -0.25) is 9.59 Å². The van der Waals surface area contributed by atoms with Crippen LogP contribution in [0.4, 0.5) is 0 Å². The number of benzene rings is 3. The van der Waals surface area contributed by atoms with Crippen LogP contribution in [0.2, 0.25) is 0 Å².